The fraction of sp³-hybridized carbons (Fsp3) is 0.143. The lowest BCUT2D eigenvalue weighted by Crippen LogP contribution is -2.11. The Bertz CT molecular complexity index is 1530. The van der Waals surface area contributed by atoms with E-state index in [0.29, 0.717) is 39.6 Å². The summed E-state index contributed by atoms with van der Waals surface area (Å²) in [4.78, 5) is 18.1. The average molecular weight is 482 g/mol. The van der Waals surface area contributed by atoms with Crippen LogP contribution >= 0.6 is 0 Å². The molecule has 0 N–H and O–H groups in total. The fourth-order valence-electron chi connectivity index (χ4n) is 3.86. The number of para-hydroxylation sites is 1. The molecule has 0 aliphatic rings. The van der Waals surface area contributed by atoms with Crippen molar-refractivity contribution in [2.45, 2.75) is 13.0 Å². The van der Waals surface area contributed by atoms with E-state index in [-0.39, 0.29) is 5.89 Å². The van der Waals surface area contributed by atoms with Gasteiger partial charge in [0.05, 0.1) is 31.0 Å². The number of pyridine rings is 1. The summed E-state index contributed by atoms with van der Waals surface area (Å²) in [5.41, 5.74) is 3.19. The highest BCUT2D eigenvalue weighted by atomic mass is 16.6. The summed E-state index contributed by atoms with van der Waals surface area (Å²) in [5, 5.41) is 8.83. The molecule has 0 radical (unpaired) electrons. The van der Waals surface area contributed by atoms with Crippen molar-refractivity contribution in [3.05, 3.63) is 90.3 Å². The first-order chi connectivity index (χ1) is 17.6. The Hall–Kier alpha value is -4.72. The van der Waals surface area contributed by atoms with Gasteiger partial charge >= 0.3 is 5.97 Å². The van der Waals surface area contributed by atoms with Gasteiger partial charge in [-0.2, -0.15) is 0 Å². The van der Waals surface area contributed by atoms with Gasteiger partial charge in [0.2, 0.25) is 5.89 Å². The maximum Gasteiger partial charge on any atom is 0.339 e. The zero-order valence-corrected chi connectivity index (χ0v) is 20.0. The van der Waals surface area contributed by atoms with E-state index in [9.17, 15) is 4.79 Å². The Kier molecular flexibility index (Phi) is 6.32. The lowest BCUT2D eigenvalue weighted by molar-refractivity contribution is 0.0282. The molecule has 0 fully saturated rings. The monoisotopic (exact) mass is 481 g/mol. The molecular formula is C28H23N3O5. The minimum Gasteiger partial charge on any atom is -0.493 e. The molecule has 2 aromatic heterocycles. The van der Waals surface area contributed by atoms with Crippen LogP contribution in [0, 0.1) is 0 Å². The second-order valence-electron chi connectivity index (χ2n) is 8.00. The molecule has 1 atom stereocenters. The largest absolute Gasteiger partial charge is 0.493 e. The molecule has 3 aromatic carbocycles. The Balaban J connectivity index is 1.47. The highest BCUT2D eigenvalue weighted by Crippen LogP contribution is 2.33. The van der Waals surface area contributed by atoms with Crippen LogP contribution in [0.1, 0.15) is 29.3 Å². The zero-order chi connectivity index (χ0) is 25.1. The molecular weight excluding hydrogens is 458 g/mol. The molecule has 0 saturated carbocycles. The number of esters is 1. The molecule has 5 rings (SSSR count). The van der Waals surface area contributed by atoms with Gasteiger partial charge in [-0.25, -0.2) is 9.78 Å². The van der Waals surface area contributed by atoms with Gasteiger partial charge in [0.25, 0.3) is 5.89 Å². The zero-order valence-electron chi connectivity index (χ0n) is 20.0. The summed E-state index contributed by atoms with van der Waals surface area (Å²) in [7, 11) is 3.15. The SMILES string of the molecule is COc1ccc(-c2cc(C(=O)OC(C)c3nnc(-c4ccccc4)o3)c3ccccc3n2)cc1OC. The van der Waals surface area contributed by atoms with E-state index in [2.05, 4.69) is 10.2 Å². The van der Waals surface area contributed by atoms with Crippen LogP contribution in [0.4, 0.5) is 0 Å². The maximum atomic E-state index is 13.3. The Morgan fingerprint density at radius 2 is 1.58 bits per heavy atom. The molecule has 36 heavy (non-hydrogen) atoms. The van der Waals surface area contributed by atoms with E-state index in [1.807, 2.05) is 66.7 Å². The number of hydrogen-bond donors (Lipinski definition) is 0. The van der Waals surface area contributed by atoms with Crippen molar-refractivity contribution in [2.24, 2.45) is 0 Å². The molecule has 0 amide bonds. The van der Waals surface area contributed by atoms with E-state index < -0.39 is 12.1 Å². The first kappa shape index (κ1) is 23.0. The molecule has 5 aromatic rings. The van der Waals surface area contributed by atoms with Crippen LogP contribution in [0.25, 0.3) is 33.6 Å². The summed E-state index contributed by atoms with van der Waals surface area (Å²) in [6.07, 6.45) is -0.751. The van der Waals surface area contributed by atoms with Crippen LogP contribution in [0.3, 0.4) is 0 Å². The quantitative estimate of drug-likeness (QED) is 0.266. The average Bonchev–Trinajstić information content (AvgIpc) is 3.43. The van der Waals surface area contributed by atoms with Crippen molar-refractivity contribution in [1.29, 1.82) is 0 Å². The molecule has 0 bridgehead atoms. The lowest BCUT2D eigenvalue weighted by atomic mass is 10.0. The third-order valence-corrected chi connectivity index (χ3v) is 5.71. The summed E-state index contributed by atoms with van der Waals surface area (Å²) < 4.78 is 22.3. The van der Waals surface area contributed by atoms with Crippen LogP contribution in [0.5, 0.6) is 11.5 Å². The van der Waals surface area contributed by atoms with Crippen molar-refractivity contribution in [3.8, 4) is 34.2 Å². The summed E-state index contributed by atoms with van der Waals surface area (Å²) in [6, 6.07) is 24.0. The minimum absolute atomic E-state index is 0.209. The molecule has 0 saturated heterocycles. The van der Waals surface area contributed by atoms with Crippen molar-refractivity contribution in [3.63, 3.8) is 0 Å². The van der Waals surface area contributed by atoms with Crippen molar-refractivity contribution < 1.29 is 23.4 Å². The molecule has 1 unspecified atom stereocenters. The van der Waals surface area contributed by atoms with Gasteiger partial charge in [-0.3, -0.25) is 0 Å². The first-order valence-electron chi connectivity index (χ1n) is 11.3. The predicted molar refractivity (Wildman–Crippen MR) is 134 cm³/mol. The van der Waals surface area contributed by atoms with Gasteiger partial charge in [0.1, 0.15) is 0 Å². The molecule has 0 spiro atoms. The van der Waals surface area contributed by atoms with E-state index >= 15 is 0 Å². The third-order valence-electron chi connectivity index (χ3n) is 5.71. The molecule has 180 valence electrons. The van der Waals surface area contributed by atoms with E-state index in [4.69, 9.17) is 23.6 Å². The highest BCUT2D eigenvalue weighted by Gasteiger charge is 2.22. The molecule has 2 heterocycles. The number of hydrogen-bond acceptors (Lipinski definition) is 8. The lowest BCUT2D eigenvalue weighted by Gasteiger charge is -2.13. The molecule has 0 aliphatic carbocycles. The fourth-order valence-corrected chi connectivity index (χ4v) is 3.86. The predicted octanol–water partition coefficient (Wildman–Crippen LogP) is 5.89. The highest BCUT2D eigenvalue weighted by molar-refractivity contribution is 6.04. The van der Waals surface area contributed by atoms with Gasteiger partial charge in [0.15, 0.2) is 17.6 Å². The number of nitrogens with zero attached hydrogens (tertiary/aromatic N) is 3. The Labute approximate surface area is 207 Å². The van der Waals surface area contributed by atoms with Crippen molar-refractivity contribution >= 4 is 16.9 Å². The second kappa shape index (κ2) is 9.87. The van der Waals surface area contributed by atoms with E-state index in [1.54, 1.807) is 33.3 Å². The smallest absolute Gasteiger partial charge is 0.339 e. The maximum absolute atomic E-state index is 13.3. The molecule has 8 heteroatoms. The van der Waals surface area contributed by atoms with Crippen LogP contribution in [0.2, 0.25) is 0 Å². The number of aromatic nitrogens is 3. The number of methoxy groups -OCH3 is 2. The third kappa shape index (κ3) is 4.48. The summed E-state index contributed by atoms with van der Waals surface area (Å²) >= 11 is 0. The number of fused-ring (bicyclic) bond motifs is 1. The van der Waals surface area contributed by atoms with E-state index in [0.717, 1.165) is 11.1 Å². The normalized spacial score (nSPS) is 11.8. The van der Waals surface area contributed by atoms with Crippen LogP contribution in [0.15, 0.2) is 83.3 Å². The number of ether oxygens (including phenoxy) is 3. The Morgan fingerprint density at radius 1 is 0.833 bits per heavy atom. The van der Waals surface area contributed by atoms with E-state index in [1.165, 1.54) is 0 Å². The van der Waals surface area contributed by atoms with Crippen LogP contribution in [-0.2, 0) is 4.74 Å². The van der Waals surface area contributed by atoms with Gasteiger partial charge in [-0.15, -0.1) is 10.2 Å². The Morgan fingerprint density at radius 3 is 2.36 bits per heavy atom. The van der Waals surface area contributed by atoms with Crippen molar-refractivity contribution in [2.75, 3.05) is 14.2 Å². The van der Waals surface area contributed by atoms with Gasteiger partial charge in [-0.1, -0.05) is 36.4 Å². The topological polar surface area (TPSA) is 96.6 Å². The number of rotatable bonds is 7. The molecule has 0 aliphatic heterocycles. The summed E-state index contributed by atoms with van der Waals surface area (Å²) in [5.74, 6) is 1.21. The van der Waals surface area contributed by atoms with Crippen molar-refractivity contribution in [1.82, 2.24) is 15.2 Å². The summed E-state index contributed by atoms with van der Waals surface area (Å²) in [6.45, 7) is 1.69. The minimum atomic E-state index is -0.751. The standard InChI is InChI=1S/C28H23N3O5/c1-17(26-30-31-27(36-26)18-9-5-4-6-10-18)35-28(32)21-16-23(29-22-12-8-7-11-20(21)22)19-13-14-24(33-2)25(15-19)34-3/h4-17H,1-3H3. The number of benzene rings is 3. The number of carbonyl (C=O) groups excluding carboxylic acids is 1. The second-order valence-corrected chi connectivity index (χ2v) is 8.00. The van der Waals surface area contributed by atoms with Crippen LogP contribution in [-0.4, -0.2) is 35.4 Å². The van der Waals surface area contributed by atoms with Gasteiger partial charge in [-0.05, 0) is 49.4 Å². The number of carbonyl (C=O) groups is 1. The van der Waals surface area contributed by atoms with Gasteiger partial charge < -0.3 is 18.6 Å². The van der Waals surface area contributed by atoms with Gasteiger partial charge in [0, 0.05) is 16.5 Å². The first-order valence-corrected chi connectivity index (χ1v) is 11.3. The van der Waals surface area contributed by atoms with Crippen LogP contribution < -0.4 is 9.47 Å². The molecule has 8 nitrogen and oxygen atoms in total.